The SMILES string of the molecule is CCC(NS(=O)(=O)c1cccc(S(N)(=O)=O)c1)c1ccc(Br)cc1. The highest BCUT2D eigenvalue weighted by Gasteiger charge is 2.22. The molecule has 24 heavy (non-hydrogen) atoms. The van der Waals surface area contributed by atoms with Crippen molar-refractivity contribution in [2.75, 3.05) is 0 Å². The number of sulfonamides is 2. The van der Waals surface area contributed by atoms with E-state index < -0.39 is 26.1 Å². The van der Waals surface area contributed by atoms with Crippen molar-refractivity contribution in [1.29, 1.82) is 0 Å². The van der Waals surface area contributed by atoms with Crippen LogP contribution in [-0.4, -0.2) is 16.8 Å². The van der Waals surface area contributed by atoms with Crippen LogP contribution >= 0.6 is 15.9 Å². The fraction of sp³-hybridized carbons (Fsp3) is 0.200. The van der Waals surface area contributed by atoms with Crippen molar-refractivity contribution in [3.8, 4) is 0 Å². The van der Waals surface area contributed by atoms with Gasteiger partial charge in [0.2, 0.25) is 20.0 Å². The molecule has 0 amide bonds. The normalized spacial score (nSPS) is 13.6. The van der Waals surface area contributed by atoms with Crippen LogP contribution in [0.3, 0.4) is 0 Å². The fourth-order valence-electron chi connectivity index (χ4n) is 2.16. The van der Waals surface area contributed by atoms with Gasteiger partial charge in [-0.2, -0.15) is 0 Å². The van der Waals surface area contributed by atoms with E-state index in [4.69, 9.17) is 5.14 Å². The number of halogens is 1. The summed E-state index contributed by atoms with van der Waals surface area (Å²) in [6.07, 6.45) is 0.537. The molecule has 0 fully saturated rings. The monoisotopic (exact) mass is 432 g/mol. The second kappa shape index (κ2) is 7.32. The number of hydrogen-bond acceptors (Lipinski definition) is 4. The molecule has 0 aliphatic heterocycles. The maximum Gasteiger partial charge on any atom is 0.241 e. The number of primary sulfonamides is 1. The van der Waals surface area contributed by atoms with Crippen LogP contribution in [0.5, 0.6) is 0 Å². The van der Waals surface area contributed by atoms with Crippen molar-refractivity contribution in [3.63, 3.8) is 0 Å². The van der Waals surface area contributed by atoms with Gasteiger partial charge in [0.15, 0.2) is 0 Å². The minimum atomic E-state index is -3.97. The van der Waals surface area contributed by atoms with E-state index in [1.54, 1.807) is 0 Å². The van der Waals surface area contributed by atoms with Gasteiger partial charge in [0.05, 0.1) is 9.79 Å². The van der Waals surface area contributed by atoms with Gasteiger partial charge in [-0.3, -0.25) is 0 Å². The third kappa shape index (κ3) is 4.64. The molecule has 9 heteroatoms. The van der Waals surface area contributed by atoms with Crippen molar-refractivity contribution < 1.29 is 16.8 Å². The lowest BCUT2D eigenvalue weighted by Crippen LogP contribution is -2.28. The summed E-state index contributed by atoms with van der Waals surface area (Å²) >= 11 is 3.33. The Morgan fingerprint density at radius 2 is 1.62 bits per heavy atom. The molecule has 0 bridgehead atoms. The quantitative estimate of drug-likeness (QED) is 0.730. The Morgan fingerprint density at radius 3 is 2.17 bits per heavy atom. The molecule has 0 aliphatic carbocycles. The fourth-order valence-corrected chi connectivity index (χ4v) is 4.41. The van der Waals surface area contributed by atoms with Crippen LogP contribution in [0.1, 0.15) is 24.9 Å². The average molecular weight is 433 g/mol. The second-order valence-corrected chi connectivity index (χ2v) is 9.34. The van der Waals surface area contributed by atoms with Crippen LogP contribution in [0.4, 0.5) is 0 Å². The van der Waals surface area contributed by atoms with E-state index in [1.165, 1.54) is 18.2 Å². The van der Waals surface area contributed by atoms with E-state index in [0.29, 0.717) is 6.42 Å². The van der Waals surface area contributed by atoms with E-state index in [1.807, 2.05) is 31.2 Å². The van der Waals surface area contributed by atoms with Crippen molar-refractivity contribution in [2.24, 2.45) is 5.14 Å². The molecule has 2 rings (SSSR count). The predicted molar refractivity (Wildman–Crippen MR) is 95.3 cm³/mol. The molecule has 0 saturated heterocycles. The molecular formula is C15H17BrN2O4S2. The van der Waals surface area contributed by atoms with Gasteiger partial charge in [0.1, 0.15) is 0 Å². The molecule has 2 aromatic carbocycles. The van der Waals surface area contributed by atoms with Crippen molar-refractivity contribution in [3.05, 3.63) is 58.6 Å². The first kappa shape index (κ1) is 19.1. The smallest absolute Gasteiger partial charge is 0.225 e. The summed E-state index contributed by atoms with van der Waals surface area (Å²) in [6.45, 7) is 1.86. The van der Waals surface area contributed by atoms with Crippen LogP contribution in [-0.2, 0) is 20.0 Å². The largest absolute Gasteiger partial charge is 0.241 e. The van der Waals surface area contributed by atoms with Crippen LogP contribution < -0.4 is 9.86 Å². The lowest BCUT2D eigenvalue weighted by Gasteiger charge is -2.18. The first-order chi connectivity index (χ1) is 11.1. The zero-order chi connectivity index (χ0) is 18.0. The number of nitrogens with one attached hydrogen (secondary N) is 1. The Morgan fingerprint density at radius 1 is 1.04 bits per heavy atom. The molecule has 0 aromatic heterocycles. The molecule has 2 aromatic rings. The van der Waals surface area contributed by atoms with E-state index >= 15 is 0 Å². The zero-order valence-corrected chi connectivity index (χ0v) is 16.0. The zero-order valence-electron chi connectivity index (χ0n) is 12.8. The van der Waals surface area contributed by atoms with Crippen molar-refractivity contribution >= 4 is 36.0 Å². The van der Waals surface area contributed by atoms with E-state index in [-0.39, 0.29) is 9.79 Å². The summed E-state index contributed by atoms with van der Waals surface area (Å²) in [4.78, 5) is -0.397. The van der Waals surface area contributed by atoms with Gasteiger partial charge < -0.3 is 0 Å². The third-order valence-electron chi connectivity index (χ3n) is 3.42. The summed E-state index contributed by atoms with van der Waals surface area (Å²) in [6, 6.07) is 11.8. The molecule has 130 valence electrons. The Hall–Kier alpha value is -1.26. The van der Waals surface area contributed by atoms with E-state index in [2.05, 4.69) is 20.7 Å². The number of hydrogen-bond donors (Lipinski definition) is 2. The lowest BCUT2D eigenvalue weighted by molar-refractivity contribution is 0.550. The number of benzene rings is 2. The van der Waals surface area contributed by atoms with Gasteiger partial charge in [-0.1, -0.05) is 41.1 Å². The highest BCUT2D eigenvalue weighted by molar-refractivity contribution is 9.10. The minimum Gasteiger partial charge on any atom is -0.225 e. The third-order valence-corrected chi connectivity index (χ3v) is 6.33. The van der Waals surface area contributed by atoms with Crippen LogP contribution in [0.2, 0.25) is 0 Å². The highest BCUT2D eigenvalue weighted by Crippen LogP contribution is 2.23. The maximum atomic E-state index is 12.6. The first-order valence-corrected chi connectivity index (χ1v) is 10.9. The van der Waals surface area contributed by atoms with Gasteiger partial charge in [-0.05, 0) is 42.3 Å². The second-order valence-electron chi connectivity index (χ2n) is 5.15. The van der Waals surface area contributed by atoms with Crippen LogP contribution in [0.25, 0.3) is 0 Å². The van der Waals surface area contributed by atoms with Crippen LogP contribution in [0.15, 0.2) is 62.8 Å². The maximum absolute atomic E-state index is 12.6. The summed E-state index contributed by atoms with van der Waals surface area (Å²) in [7, 11) is -7.87. The molecule has 0 radical (unpaired) electrons. The van der Waals surface area contributed by atoms with Crippen molar-refractivity contribution in [1.82, 2.24) is 4.72 Å². The first-order valence-electron chi connectivity index (χ1n) is 7.04. The standard InChI is InChI=1S/C15H17BrN2O4S2/c1-2-15(11-6-8-12(16)9-7-11)18-24(21,22)14-5-3-4-13(10-14)23(17,19)20/h3-10,15,18H,2H2,1H3,(H2,17,19,20). The topological polar surface area (TPSA) is 106 Å². The summed E-state index contributed by atoms with van der Waals surface area (Å²) in [5.74, 6) is 0. The van der Waals surface area contributed by atoms with Gasteiger partial charge in [0, 0.05) is 10.5 Å². The Kier molecular flexibility index (Phi) is 5.82. The highest BCUT2D eigenvalue weighted by atomic mass is 79.9. The molecular weight excluding hydrogens is 416 g/mol. The van der Waals surface area contributed by atoms with E-state index in [9.17, 15) is 16.8 Å². The molecule has 1 unspecified atom stereocenters. The predicted octanol–water partition coefficient (Wildman–Crippen LogP) is 2.53. The Bertz CT molecular complexity index is 926. The van der Waals surface area contributed by atoms with Gasteiger partial charge in [0.25, 0.3) is 0 Å². The number of nitrogens with two attached hydrogens (primary N) is 1. The molecule has 1 atom stereocenters. The number of rotatable bonds is 6. The molecule has 0 aliphatic rings. The Labute approximate surface area is 150 Å². The van der Waals surface area contributed by atoms with Gasteiger partial charge >= 0.3 is 0 Å². The summed E-state index contributed by atoms with van der Waals surface area (Å²) < 4.78 is 51.4. The molecule has 0 spiro atoms. The molecule has 6 nitrogen and oxygen atoms in total. The van der Waals surface area contributed by atoms with Crippen molar-refractivity contribution in [2.45, 2.75) is 29.2 Å². The molecule has 0 saturated carbocycles. The van der Waals surface area contributed by atoms with E-state index in [0.717, 1.165) is 16.1 Å². The minimum absolute atomic E-state index is 0.149. The molecule has 3 N–H and O–H groups in total. The average Bonchev–Trinajstić information content (AvgIpc) is 2.53. The summed E-state index contributed by atoms with van der Waals surface area (Å²) in [5.41, 5.74) is 0.812. The molecule has 0 heterocycles. The van der Waals surface area contributed by atoms with Gasteiger partial charge in [-0.15, -0.1) is 0 Å². The van der Waals surface area contributed by atoms with Crippen LogP contribution in [0, 0.1) is 0 Å². The Balaban J connectivity index is 2.35. The lowest BCUT2D eigenvalue weighted by atomic mass is 10.1. The summed E-state index contributed by atoms with van der Waals surface area (Å²) in [5, 5.41) is 5.05. The van der Waals surface area contributed by atoms with Gasteiger partial charge in [-0.25, -0.2) is 26.7 Å².